The number of hydrogen-bond acceptors (Lipinski definition) is 8. The van der Waals surface area contributed by atoms with Gasteiger partial charge in [0.2, 0.25) is 5.88 Å². The van der Waals surface area contributed by atoms with Crippen LogP contribution in [0.25, 0.3) is 22.2 Å². The van der Waals surface area contributed by atoms with Crippen LogP contribution >= 0.6 is 0 Å². The molecule has 35 heavy (non-hydrogen) atoms. The molecule has 0 radical (unpaired) electrons. The van der Waals surface area contributed by atoms with Gasteiger partial charge < -0.3 is 20.5 Å². The van der Waals surface area contributed by atoms with Gasteiger partial charge in [0.05, 0.1) is 36.7 Å². The second kappa shape index (κ2) is 10.4. The highest BCUT2D eigenvalue weighted by atomic mass is 19.1. The van der Waals surface area contributed by atoms with E-state index in [0.717, 1.165) is 17.3 Å². The highest BCUT2D eigenvalue weighted by molar-refractivity contribution is 6.06. The number of amides is 1. The van der Waals surface area contributed by atoms with Crippen LogP contribution in [-0.4, -0.2) is 51.7 Å². The van der Waals surface area contributed by atoms with Crippen molar-refractivity contribution in [3.8, 4) is 17.1 Å². The highest BCUT2D eigenvalue weighted by Crippen LogP contribution is 2.28. The van der Waals surface area contributed by atoms with Crippen LogP contribution in [0.1, 0.15) is 34.3 Å². The van der Waals surface area contributed by atoms with Crippen LogP contribution in [-0.2, 0) is 6.61 Å². The summed E-state index contributed by atoms with van der Waals surface area (Å²) in [6, 6.07) is 8.96. The molecular weight excluding hydrogens is 451 g/mol. The fourth-order valence-corrected chi connectivity index (χ4v) is 3.89. The van der Waals surface area contributed by atoms with Crippen molar-refractivity contribution in [3.63, 3.8) is 0 Å². The molecule has 0 fully saturated rings. The Morgan fingerprint density at radius 1 is 1.17 bits per heavy atom. The van der Waals surface area contributed by atoms with Crippen molar-refractivity contribution in [2.45, 2.75) is 19.4 Å². The smallest absolute Gasteiger partial charge is 0.254 e. The minimum atomic E-state index is -0.661. The molecule has 10 heteroatoms. The summed E-state index contributed by atoms with van der Waals surface area (Å²) in [7, 11) is 2.96. The lowest BCUT2D eigenvalue weighted by molar-refractivity contribution is 0.0960. The van der Waals surface area contributed by atoms with Crippen LogP contribution in [0.2, 0.25) is 0 Å². The first kappa shape index (κ1) is 24.0. The molecule has 1 unspecified atom stereocenters. The molecule has 4 rings (SSSR count). The molecular formula is C25H25FN6O3. The topological polar surface area (TPSA) is 122 Å². The maximum atomic E-state index is 14.4. The molecule has 1 aromatic carbocycles. The van der Waals surface area contributed by atoms with Gasteiger partial charge in [-0.25, -0.2) is 19.3 Å². The number of aliphatic hydroxyl groups is 1. The SMILES string of the molecule is CNC(=O)c1c(F)cnc2c(C(C)CNc3cc(-c4cnc(OC)c(CO)c4)ncn3)cccc12. The molecule has 1 amide bonds. The normalized spacial score (nSPS) is 11.8. The highest BCUT2D eigenvalue weighted by Gasteiger charge is 2.19. The van der Waals surface area contributed by atoms with E-state index in [1.807, 2.05) is 13.0 Å². The maximum Gasteiger partial charge on any atom is 0.254 e. The first-order valence-electron chi connectivity index (χ1n) is 11.0. The first-order valence-corrected chi connectivity index (χ1v) is 11.0. The number of nitrogens with zero attached hydrogens (tertiary/aromatic N) is 4. The summed E-state index contributed by atoms with van der Waals surface area (Å²) < 4.78 is 19.5. The van der Waals surface area contributed by atoms with Crippen LogP contribution in [0.3, 0.4) is 0 Å². The third-order valence-electron chi connectivity index (χ3n) is 5.71. The quantitative estimate of drug-likeness (QED) is 0.354. The standard InChI is InChI=1S/C25H25FN6O3/c1-14(17-5-4-6-18-22(24(34)27-2)19(26)11-29-23(17)18)9-28-21-8-20(31-13-32-21)15-7-16(12-33)25(35-3)30-10-15/h4-8,10-11,13-14,33H,9,12H2,1-3H3,(H,27,34)(H,28,31,32). The Balaban J connectivity index is 1.57. The zero-order valence-electron chi connectivity index (χ0n) is 19.5. The molecule has 0 aliphatic heterocycles. The predicted octanol–water partition coefficient (Wildman–Crippen LogP) is 3.30. The Morgan fingerprint density at radius 3 is 2.74 bits per heavy atom. The lowest BCUT2D eigenvalue weighted by atomic mass is 9.96. The number of nitrogens with one attached hydrogen (secondary N) is 2. The second-order valence-corrected chi connectivity index (χ2v) is 7.92. The van der Waals surface area contributed by atoms with Crippen molar-refractivity contribution >= 4 is 22.6 Å². The number of fused-ring (bicyclic) bond motifs is 1. The number of pyridine rings is 2. The van der Waals surface area contributed by atoms with Crippen molar-refractivity contribution in [1.29, 1.82) is 0 Å². The largest absolute Gasteiger partial charge is 0.481 e. The Morgan fingerprint density at radius 2 is 2.00 bits per heavy atom. The summed E-state index contributed by atoms with van der Waals surface area (Å²) in [5.74, 6) is -0.222. The number of anilines is 1. The minimum Gasteiger partial charge on any atom is -0.481 e. The summed E-state index contributed by atoms with van der Waals surface area (Å²) in [5, 5.41) is 15.8. The Hall–Kier alpha value is -4.18. The van der Waals surface area contributed by atoms with Crippen molar-refractivity contribution in [3.05, 3.63) is 71.6 Å². The van der Waals surface area contributed by atoms with E-state index in [4.69, 9.17) is 4.74 Å². The van der Waals surface area contributed by atoms with Crippen molar-refractivity contribution in [2.24, 2.45) is 0 Å². The number of halogens is 1. The van der Waals surface area contributed by atoms with Gasteiger partial charge in [-0.3, -0.25) is 9.78 Å². The fraction of sp³-hybridized carbons (Fsp3) is 0.240. The van der Waals surface area contributed by atoms with Crippen molar-refractivity contribution in [2.75, 3.05) is 26.0 Å². The van der Waals surface area contributed by atoms with Crippen LogP contribution in [0, 0.1) is 5.82 Å². The average molecular weight is 477 g/mol. The van der Waals surface area contributed by atoms with Crippen LogP contribution in [0.4, 0.5) is 10.2 Å². The van der Waals surface area contributed by atoms with Gasteiger partial charge in [0.25, 0.3) is 5.91 Å². The van der Waals surface area contributed by atoms with E-state index in [0.29, 0.717) is 40.4 Å². The molecule has 3 N–H and O–H groups in total. The van der Waals surface area contributed by atoms with Gasteiger partial charge in [-0.05, 0) is 11.6 Å². The van der Waals surface area contributed by atoms with E-state index in [1.54, 1.807) is 30.5 Å². The molecule has 3 aromatic heterocycles. The van der Waals surface area contributed by atoms with E-state index in [-0.39, 0.29) is 18.1 Å². The number of ether oxygens (including phenoxy) is 1. The van der Waals surface area contributed by atoms with Crippen LogP contribution < -0.4 is 15.4 Å². The molecule has 0 saturated heterocycles. The molecule has 9 nitrogen and oxygen atoms in total. The number of para-hydroxylation sites is 1. The second-order valence-electron chi connectivity index (χ2n) is 7.92. The number of rotatable bonds is 8. The van der Waals surface area contributed by atoms with Gasteiger partial charge >= 0.3 is 0 Å². The molecule has 1 atom stereocenters. The zero-order chi connectivity index (χ0) is 24.9. The number of benzene rings is 1. The summed E-state index contributed by atoms with van der Waals surface area (Å²) in [5.41, 5.74) is 3.35. The number of hydrogen-bond donors (Lipinski definition) is 3. The van der Waals surface area contributed by atoms with E-state index >= 15 is 0 Å². The van der Waals surface area contributed by atoms with Crippen molar-refractivity contribution < 1.29 is 19.0 Å². The molecule has 0 bridgehead atoms. The Labute approximate surface area is 201 Å². The van der Waals surface area contributed by atoms with E-state index in [9.17, 15) is 14.3 Å². The van der Waals surface area contributed by atoms with Gasteiger partial charge in [-0.15, -0.1) is 0 Å². The predicted molar refractivity (Wildman–Crippen MR) is 130 cm³/mol. The third kappa shape index (κ3) is 4.87. The lowest BCUT2D eigenvalue weighted by Gasteiger charge is -2.17. The van der Waals surface area contributed by atoms with Gasteiger partial charge in [-0.2, -0.15) is 0 Å². The van der Waals surface area contributed by atoms with Gasteiger partial charge in [0, 0.05) is 48.3 Å². The molecule has 0 aliphatic carbocycles. The van der Waals surface area contributed by atoms with Crippen LogP contribution in [0.5, 0.6) is 5.88 Å². The zero-order valence-corrected chi connectivity index (χ0v) is 19.5. The maximum absolute atomic E-state index is 14.4. The molecule has 0 aliphatic rings. The van der Waals surface area contributed by atoms with E-state index in [2.05, 4.69) is 30.6 Å². The molecule has 4 aromatic rings. The first-order chi connectivity index (χ1) is 17.0. The number of carbonyl (C=O) groups excluding carboxylic acids is 1. The monoisotopic (exact) mass is 476 g/mol. The third-order valence-corrected chi connectivity index (χ3v) is 5.71. The lowest BCUT2D eigenvalue weighted by Crippen LogP contribution is -2.20. The Kier molecular flexibility index (Phi) is 7.11. The minimum absolute atomic E-state index is 0.0182. The molecule has 3 heterocycles. The average Bonchev–Trinajstić information content (AvgIpc) is 2.90. The molecule has 0 saturated carbocycles. The number of aliphatic hydroxyl groups excluding tert-OH is 1. The molecule has 0 spiro atoms. The van der Waals surface area contributed by atoms with Crippen LogP contribution in [0.15, 0.2) is 49.1 Å². The number of carbonyl (C=O) groups is 1. The summed E-state index contributed by atoms with van der Waals surface area (Å²) >= 11 is 0. The summed E-state index contributed by atoms with van der Waals surface area (Å²) in [6.07, 6.45) is 4.15. The van der Waals surface area contributed by atoms with Gasteiger partial charge in [0.15, 0.2) is 5.82 Å². The number of methoxy groups -OCH3 is 1. The van der Waals surface area contributed by atoms with E-state index < -0.39 is 11.7 Å². The number of aromatic nitrogens is 4. The fourth-order valence-electron chi connectivity index (χ4n) is 3.89. The van der Waals surface area contributed by atoms with Crippen molar-refractivity contribution in [1.82, 2.24) is 25.3 Å². The molecule has 180 valence electrons. The van der Waals surface area contributed by atoms with Gasteiger partial charge in [-0.1, -0.05) is 25.1 Å². The Bertz CT molecular complexity index is 1380. The van der Waals surface area contributed by atoms with E-state index in [1.165, 1.54) is 20.5 Å². The summed E-state index contributed by atoms with van der Waals surface area (Å²) in [6.45, 7) is 2.31. The summed E-state index contributed by atoms with van der Waals surface area (Å²) in [4.78, 5) is 29.3. The van der Waals surface area contributed by atoms with Gasteiger partial charge in [0.1, 0.15) is 12.1 Å².